The van der Waals surface area contributed by atoms with Crippen molar-refractivity contribution in [3.05, 3.63) is 75.9 Å². The molecule has 0 radical (unpaired) electrons. The number of benzene rings is 1. The van der Waals surface area contributed by atoms with E-state index in [1.54, 1.807) is 0 Å². The van der Waals surface area contributed by atoms with Gasteiger partial charge < -0.3 is 11.1 Å². The van der Waals surface area contributed by atoms with Gasteiger partial charge in [0.1, 0.15) is 0 Å². The number of piperidine rings is 1. The molecule has 0 saturated carbocycles. The van der Waals surface area contributed by atoms with Crippen molar-refractivity contribution in [3.63, 3.8) is 0 Å². The van der Waals surface area contributed by atoms with Crippen LogP contribution in [0.25, 0.3) is 5.57 Å². The number of aryl methyl sites for hydroxylation is 1. The van der Waals surface area contributed by atoms with Crippen molar-refractivity contribution in [2.75, 3.05) is 13.1 Å². The number of allylic oxidation sites excluding steroid dienone is 5. The van der Waals surface area contributed by atoms with Crippen LogP contribution in [-0.2, 0) is 0 Å². The molecule has 1 aliphatic heterocycles. The van der Waals surface area contributed by atoms with Crippen molar-refractivity contribution in [1.29, 1.82) is 0 Å². The number of nitrogens with one attached hydrogen (secondary N) is 1. The highest BCUT2D eigenvalue weighted by Crippen LogP contribution is 2.34. The van der Waals surface area contributed by atoms with Gasteiger partial charge in [-0.25, -0.2) is 0 Å². The molecule has 0 amide bonds. The SMILES string of the molecule is C=C(C)\C(C)=C/C(=C\C)C(=C(\CC)c1ccc(C2CCNCC2)cc1C)/C(C)N. The smallest absolute Gasteiger partial charge is 0.0274 e. The molecule has 1 aromatic carbocycles. The monoisotopic (exact) mass is 392 g/mol. The lowest BCUT2D eigenvalue weighted by Gasteiger charge is -2.25. The first kappa shape index (κ1) is 23.4. The van der Waals surface area contributed by atoms with Gasteiger partial charge in [0.25, 0.3) is 0 Å². The van der Waals surface area contributed by atoms with E-state index in [1.165, 1.54) is 51.8 Å². The first-order valence-corrected chi connectivity index (χ1v) is 11.1. The van der Waals surface area contributed by atoms with Crippen LogP contribution in [0.5, 0.6) is 0 Å². The molecule has 1 heterocycles. The van der Waals surface area contributed by atoms with Crippen molar-refractivity contribution in [3.8, 4) is 0 Å². The first-order chi connectivity index (χ1) is 13.8. The molecule has 2 nitrogen and oxygen atoms in total. The summed E-state index contributed by atoms with van der Waals surface area (Å²) in [5.41, 5.74) is 16.8. The van der Waals surface area contributed by atoms with Crippen LogP contribution in [0.3, 0.4) is 0 Å². The zero-order valence-corrected chi connectivity index (χ0v) is 19.4. The van der Waals surface area contributed by atoms with Gasteiger partial charge >= 0.3 is 0 Å². The highest BCUT2D eigenvalue weighted by Gasteiger charge is 2.19. The fraction of sp³-hybridized carbons (Fsp3) is 0.481. The fourth-order valence-electron chi connectivity index (χ4n) is 4.35. The lowest BCUT2D eigenvalue weighted by molar-refractivity contribution is 0.460. The second-order valence-electron chi connectivity index (χ2n) is 8.48. The van der Waals surface area contributed by atoms with Gasteiger partial charge in [-0.05, 0) is 112 Å². The molecule has 0 bridgehead atoms. The third kappa shape index (κ3) is 5.81. The van der Waals surface area contributed by atoms with Crippen molar-refractivity contribution in [2.45, 2.75) is 72.8 Å². The summed E-state index contributed by atoms with van der Waals surface area (Å²) >= 11 is 0. The molecule has 1 saturated heterocycles. The van der Waals surface area contributed by atoms with Crippen LogP contribution < -0.4 is 11.1 Å². The van der Waals surface area contributed by atoms with Crippen LogP contribution in [0.1, 0.15) is 76.5 Å². The van der Waals surface area contributed by atoms with Crippen LogP contribution in [0, 0.1) is 6.92 Å². The summed E-state index contributed by atoms with van der Waals surface area (Å²) in [7, 11) is 0. The van der Waals surface area contributed by atoms with Crippen molar-refractivity contribution in [2.24, 2.45) is 5.73 Å². The van der Waals surface area contributed by atoms with Gasteiger partial charge in [0.2, 0.25) is 0 Å². The van der Waals surface area contributed by atoms with E-state index < -0.39 is 0 Å². The summed E-state index contributed by atoms with van der Waals surface area (Å²) in [6.07, 6.45) is 7.83. The number of hydrogen-bond donors (Lipinski definition) is 2. The predicted octanol–water partition coefficient (Wildman–Crippen LogP) is 6.44. The van der Waals surface area contributed by atoms with Crippen molar-refractivity contribution < 1.29 is 0 Å². The van der Waals surface area contributed by atoms with Gasteiger partial charge in [-0.3, -0.25) is 0 Å². The normalized spacial score (nSPS) is 18.4. The lowest BCUT2D eigenvalue weighted by atomic mass is 9.83. The zero-order valence-electron chi connectivity index (χ0n) is 19.4. The summed E-state index contributed by atoms with van der Waals surface area (Å²) in [5.74, 6) is 0.679. The van der Waals surface area contributed by atoms with Gasteiger partial charge in [-0.1, -0.05) is 49.4 Å². The average molecular weight is 393 g/mol. The molecule has 0 aromatic heterocycles. The fourth-order valence-corrected chi connectivity index (χ4v) is 4.35. The molecule has 3 N–H and O–H groups in total. The zero-order chi connectivity index (χ0) is 21.6. The third-order valence-electron chi connectivity index (χ3n) is 6.19. The Kier molecular flexibility index (Phi) is 8.67. The number of hydrogen-bond acceptors (Lipinski definition) is 2. The van der Waals surface area contributed by atoms with Crippen molar-refractivity contribution in [1.82, 2.24) is 5.32 Å². The summed E-state index contributed by atoms with van der Waals surface area (Å²) in [5, 5.41) is 3.47. The Morgan fingerprint density at radius 1 is 1.28 bits per heavy atom. The van der Waals surface area contributed by atoms with E-state index in [-0.39, 0.29) is 6.04 Å². The Labute approximate surface area is 178 Å². The Hall–Kier alpha value is -1.90. The van der Waals surface area contributed by atoms with Crippen molar-refractivity contribution >= 4 is 5.57 Å². The van der Waals surface area contributed by atoms with Crippen LogP contribution in [-0.4, -0.2) is 19.1 Å². The molecular formula is C27H40N2. The van der Waals surface area contributed by atoms with Gasteiger partial charge in [0, 0.05) is 6.04 Å². The molecular weight excluding hydrogens is 352 g/mol. The molecule has 0 aliphatic carbocycles. The van der Waals surface area contributed by atoms with Crippen LogP contribution in [0.4, 0.5) is 0 Å². The van der Waals surface area contributed by atoms with Crippen LogP contribution in [0.15, 0.2) is 59.2 Å². The Bertz CT molecular complexity index is 815. The Morgan fingerprint density at radius 2 is 1.93 bits per heavy atom. The minimum Gasteiger partial charge on any atom is -0.324 e. The molecule has 1 fully saturated rings. The summed E-state index contributed by atoms with van der Waals surface area (Å²) in [6, 6.07) is 7.05. The Morgan fingerprint density at radius 3 is 2.41 bits per heavy atom. The maximum Gasteiger partial charge on any atom is 0.0274 e. The largest absolute Gasteiger partial charge is 0.324 e. The molecule has 0 spiro atoms. The molecule has 1 aliphatic rings. The topological polar surface area (TPSA) is 38.0 Å². The Balaban J connectivity index is 2.55. The van der Waals surface area contributed by atoms with E-state index in [0.29, 0.717) is 5.92 Å². The van der Waals surface area contributed by atoms with E-state index in [0.717, 1.165) is 25.1 Å². The summed E-state index contributed by atoms with van der Waals surface area (Å²) in [4.78, 5) is 0. The molecule has 1 aromatic rings. The van der Waals surface area contributed by atoms with Gasteiger partial charge in [-0.15, -0.1) is 0 Å². The number of rotatable bonds is 7. The van der Waals surface area contributed by atoms with Crippen LogP contribution >= 0.6 is 0 Å². The molecule has 2 rings (SSSR count). The van der Waals surface area contributed by atoms with E-state index in [2.05, 4.69) is 83.8 Å². The second-order valence-corrected chi connectivity index (χ2v) is 8.48. The van der Waals surface area contributed by atoms with E-state index in [4.69, 9.17) is 5.73 Å². The molecule has 29 heavy (non-hydrogen) atoms. The standard InChI is InChI=1S/C27H40N2/c1-8-22(16-19(5)18(3)4)27(21(7)28)25(9-2)26-11-10-24(17-20(26)6)23-12-14-29-15-13-23/h8,10-11,16-17,21,23,29H,3,9,12-15,28H2,1-2,4-7H3/b19-16-,22-8+,27-25+. The number of nitrogens with two attached hydrogens (primary N) is 1. The highest BCUT2D eigenvalue weighted by atomic mass is 14.9. The third-order valence-corrected chi connectivity index (χ3v) is 6.19. The summed E-state index contributed by atoms with van der Waals surface area (Å²) < 4.78 is 0. The van der Waals surface area contributed by atoms with Gasteiger partial charge in [0.05, 0.1) is 0 Å². The highest BCUT2D eigenvalue weighted by molar-refractivity contribution is 5.76. The van der Waals surface area contributed by atoms with E-state index in [1.807, 2.05) is 0 Å². The minimum absolute atomic E-state index is 0.0335. The predicted molar refractivity (Wildman–Crippen MR) is 129 cm³/mol. The molecule has 1 unspecified atom stereocenters. The summed E-state index contributed by atoms with van der Waals surface area (Å²) in [6.45, 7) is 19.2. The quantitative estimate of drug-likeness (QED) is 0.524. The molecule has 2 heteroatoms. The minimum atomic E-state index is -0.0335. The second kappa shape index (κ2) is 10.8. The lowest BCUT2D eigenvalue weighted by Crippen LogP contribution is -2.26. The molecule has 158 valence electrons. The van der Waals surface area contributed by atoms with Gasteiger partial charge in [-0.2, -0.15) is 0 Å². The first-order valence-electron chi connectivity index (χ1n) is 11.1. The van der Waals surface area contributed by atoms with E-state index in [9.17, 15) is 0 Å². The maximum absolute atomic E-state index is 6.52. The average Bonchev–Trinajstić information content (AvgIpc) is 2.71. The molecule has 1 atom stereocenters. The van der Waals surface area contributed by atoms with Gasteiger partial charge in [0.15, 0.2) is 0 Å². The maximum atomic E-state index is 6.52. The van der Waals surface area contributed by atoms with E-state index >= 15 is 0 Å². The van der Waals surface area contributed by atoms with Crippen LogP contribution in [0.2, 0.25) is 0 Å².